The van der Waals surface area contributed by atoms with Crippen molar-refractivity contribution in [2.75, 3.05) is 6.54 Å². The molecule has 3 aromatic rings. The summed E-state index contributed by atoms with van der Waals surface area (Å²) in [4.78, 5) is 22.9. The SMILES string of the molecule is O=C(c1ccc(F)c(Cl)c1Cl)N1CCc2c(ncn2Cc2ccc(F)cn2)C1. The maximum atomic E-state index is 13.5. The summed E-state index contributed by atoms with van der Waals surface area (Å²) < 4.78 is 28.4. The van der Waals surface area contributed by atoms with E-state index in [1.165, 1.54) is 18.3 Å². The predicted molar refractivity (Wildman–Crippen MR) is 100 cm³/mol. The first-order chi connectivity index (χ1) is 13.4. The van der Waals surface area contributed by atoms with Gasteiger partial charge in [0.05, 0.1) is 52.6 Å². The van der Waals surface area contributed by atoms with Crippen LogP contribution in [-0.4, -0.2) is 31.9 Å². The van der Waals surface area contributed by atoms with Gasteiger partial charge >= 0.3 is 0 Å². The zero-order chi connectivity index (χ0) is 19.8. The van der Waals surface area contributed by atoms with Gasteiger partial charge in [-0.15, -0.1) is 0 Å². The second-order valence-electron chi connectivity index (χ2n) is 6.43. The molecular weight excluding hydrogens is 409 g/mol. The van der Waals surface area contributed by atoms with E-state index in [4.69, 9.17) is 23.2 Å². The molecule has 0 radical (unpaired) electrons. The maximum absolute atomic E-state index is 13.5. The molecule has 1 amide bonds. The number of halogens is 4. The molecule has 1 aliphatic rings. The number of fused-ring (bicyclic) bond motifs is 1. The molecule has 28 heavy (non-hydrogen) atoms. The lowest BCUT2D eigenvalue weighted by atomic mass is 10.1. The number of benzene rings is 1. The smallest absolute Gasteiger partial charge is 0.255 e. The molecule has 0 bridgehead atoms. The zero-order valence-corrected chi connectivity index (χ0v) is 16.0. The van der Waals surface area contributed by atoms with Crippen molar-refractivity contribution in [3.05, 3.63) is 81.1 Å². The molecule has 0 unspecified atom stereocenters. The van der Waals surface area contributed by atoms with Gasteiger partial charge in [0.25, 0.3) is 5.91 Å². The minimum Gasteiger partial charge on any atom is -0.332 e. The second-order valence-corrected chi connectivity index (χ2v) is 7.19. The molecule has 9 heteroatoms. The topological polar surface area (TPSA) is 51.0 Å². The van der Waals surface area contributed by atoms with Gasteiger partial charge in [0, 0.05) is 18.7 Å². The summed E-state index contributed by atoms with van der Waals surface area (Å²) >= 11 is 11.9. The lowest BCUT2D eigenvalue weighted by Gasteiger charge is -2.27. The minimum absolute atomic E-state index is 0.0922. The first kappa shape index (κ1) is 18.8. The van der Waals surface area contributed by atoms with Crippen molar-refractivity contribution in [1.82, 2.24) is 19.4 Å². The molecule has 1 aliphatic heterocycles. The van der Waals surface area contributed by atoms with E-state index in [1.807, 2.05) is 4.57 Å². The molecule has 5 nitrogen and oxygen atoms in total. The molecule has 4 rings (SSSR count). The van der Waals surface area contributed by atoms with Gasteiger partial charge in [-0.1, -0.05) is 23.2 Å². The summed E-state index contributed by atoms with van der Waals surface area (Å²) in [6.07, 6.45) is 3.46. The number of amides is 1. The monoisotopic (exact) mass is 422 g/mol. The molecule has 0 saturated heterocycles. The molecule has 3 heterocycles. The third-order valence-corrected chi connectivity index (χ3v) is 5.52. The lowest BCUT2D eigenvalue weighted by Crippen LogP contribution is -2.36. The molecule has 0 saturated carbocycles. The van der Waals surface area contributed by atoms with Crippen LogP contribution in [0.3, 0.4) is 0 Å². The number of hydrogen-bond donors (Lipinski definition) is 0. The standard InChI is InChI=1S/C19H14Cl2F2N4O/c20-17-13(3-4-14(23)18(17)21)19(28)26-6-5-16-15(9-26)25-10-27(16)8-12-2-1-11(22)7-24-12/h1-4,7,10H,5-6,8-9H2. The highest BCUT2D eigenvalue weighted by Crippen LogP contribution is 2.30. The van der Waals surface area contributed by atoms with E-state index >= 15 is 0 Å². The average molecular weight is 423 g/mol. The van der Waals surface area contributed by atoms with Crippen molar-refractivity contribution in [1.29, 1.82) is 0 Å². The zero-order valence-electron chi connectivity index (χ0n) is 14.5. The van der Waals surface area contributed by atoms with Gasteiger partial charge < -0.3 is 9.47 Å². The summed E-state index contributed by atoms with van der Waals surface area (Å²) in [5.41, 5.74) is 2.64. The van der Waals surface area contributed by atoms with E-state index in [2.05, 4.69) is 9.97 Å². The summed E-state index contributed by atoms with van der Waals surface area (Å²) in [5, 5.41) is -0.355. The highest BCUT2D eigenvalue weighted by Gasteiger charge is 2.27. The van der Waals surface area contributed by atoms with E-state index in [0.717, 1.165) is 17.5 Å². The van der Waals surface area contributed by atoms with Crippen LogP contribution in [0.4, 0.5) is 8.78 Å². The number of pyridine rings is 1. The third-order valence-electron chi connectivity index (χ3n) is 4.67. The van der Waals surface area contributed by atoms with E-state index in [9.17, 15) is 13.6 Å². The lowest BCUT2D eigenvalue weighted by molar-refractivity contribution is 0.0731. The van der Waals surface area contributed by atoms with E-state index < -0.39 is 5.82 Å². The van der Waals surface area contributed by atoms with E-state index in [-0.39, 0.29) is 27.3 Å². The molecule has 144 valence electrons. The summed E-state index contributed by atoms with van der Waals surface area (Å²) in [7, 11) is 0. The summed E-state index contributed by atoms with van der Waals surface area (Å²) in [5.74, 6) is -1.38. The number of carbonyl (C=O) groups excluding carboxylic acids is 1. The van der Waals surface area contributed by atoms with Gasteiger partial charge in [0.15, 0.2) is 0 Å². The van der Waals surface area contributed by atoms with Gasteiger partial charge in [0.2, 0.25) is 0 Å². The van der Waals surface area contributed by atoms with E-state index in [1.54, 1.807) is 17.3 Å². The van der Waals surface area contributed by atoms with Crippen LogP contribution in [0.2, 0.25) is 10.0 Å². The van der Waals surface area contributed by atoms with Crippen LogP contribution in [0.1, 0.15) is 27.4 Å². The molecule has 1 aromatic carbocycles. The first-order valence-electron chi connectivity index (χ1n) is 8.50. The Morgan fingerprint density at radius 2 is 1.93 bits per heavy atom. The Kier molecular flexibility index (Phi) is 5.03. The number of aromatic nitrogens is 3. The highest BCUT2D eigenvalue weighted by atomic mass is 35.5. The Bertz CT molecular complexity index is 1050. The molecule has 0 fully saturated rings. The average Bonchev–Trinajstić information content (AvgIpc) is 3.09. The summed E-state index contributed by atoms with van der Waals surface area (Å²) in [6.45, 7) is 1.24. The fourth-order valence-electron chi connectivity index (χ4n) is 3.22. The predicted octanol–water partition coefficient (Wildman–Crippen LogP) is 4.11. The largest absolute Gasteiger partial charge is 0.332 e. The Morgan fingerprint density at radius 1 is 1.11 bits per heavy atom. The van der Waals surface area contributed by atoms with Gasteiger partial charge in [-0.2, -0.15) is 0 Å². The molecule has 0 spiro atoms. The van der Waals surface area contributed by atoms with Crippen LogP contribution in [0.5, 0.6) is 0 Å². The first-order valence-corrected chi connectivity index (χ1v) is 9.25. The van der Waals surface area contributed by atoms with Gasteiger partial charge in [-0.05, 0) is 24.3 Å². The Hall–Kier alpha value is -2.51. The van der Waals surface area contributed by atoms with Crippen LogP contribution in [0.25, 0.3) is 0 Å². The van der Waals surface area contributed by atoms with Crippen molar-refractivity contribution in [2.24, 2.45) is 0 Å². The van der Waals surface area contributed by atoms with Crippen molar-refractivity contribution >= 4 is 29.1 Å². The van der Waals surface area contributed by atoms with Crippen molar-refractivity contribution in [2.45, 2.75) is 19.5 Å². The number of rotatable bonds is 3. The van der Waals surface area contributed by atoms with Crippen LogP contribution < -0.4 is 0 Å². The van der Waals surface area contributed by atoms with Crippen LogP contribution >= 0.6 is 23.2 Å². The Balaban J connectivity index is 1.53. The minimum atomic E-state index is -0.669. The van der Waals surface area contributed by atoms with Crippen LogP contribution in [-0.2, 0) is 19.5 Å². The number of imidazole rings is 1. The van der Waals surface area contributed by atoms with E-state index in [0.29, 0.717) is 31.7 Å². The number of nitrogens with zero attached hydrogens (tertiary/aromatic N) is 4. The van der Waals surface area contributed by atoms with Gasteiger partial charge in [-0.3, -0.25) is 9.78 Å². The number of carbonyl (C=O) groups is 1. The van der Waals surface area contributed by atoms with Crippen molar-refractivity contribution < 1.29 is 13.6 Å². The quantitative estimate of drug-likeness (QED) is 0.596. The molecule has 0 aliphatic carbocycles. The third kappa shape index (κ3) is 3.47. The number of hydrogen-bond acceptors (Lipinski definition) is 3. The maximum Gasteiger partial charge on any atom is 0.255 e. The van der Waals surface area contributed by atoms with Crippen molar-refractivity contribution in [3.8, 4) is 0 Å². The fourth-order valence-corrected chi connectivity index (χ4v) is 3.61. The van der Waals surface area contributed by atoms with Gasteiger partial charge in [-0.25, -0.2) is 13.8 Å². The van der Waals surface area contributed by atoms with Crippen LogP contribution in [0, 0.1) is 11.6 Å². The summed E-state index contributed by atoms with van der Waals surface area (Å²) in [6, 6.07) is 5.45. The van der Waals surface area contributed by atoms with Crippen molar-refractivity contribution in [3.63, 3.8) is 0 Å². The highest BCUT2D eigenvalue weighted by molar-refractivity contribution is 6.43. The molecule has 0 N–H and O–H groups in total. The van der Waals surface area contributed by atoms with Gasteiger partial charge in [0.1, 0.15) is 11.6 Å². The molecular formula is C19H14Cl2F2N4O. The molecule has 0 atom stereocenters. The fraction of sp³-hybridized carbons (Fsp3) is 0.211. The second kappa shape index (κ2) is 7.48. The molecule has 2 aromatic heterocycles. The Morgan fingerprint density at radius 3 is 2.68 bits per heavy atom. The van der Waals surface area contributed by atoms with Crippen LogP contribution in [0.15, 0.2) is 36.8 Å². The normalized spacial score (nSPS) is 13.5. The Labute approximate surface area is 169 Å².